The minimum Gasteiger partial charge on any atom is -0.354 e. The van der Waals surface area contributed by atoms with Crippen LogP contribution in [0.2, 0.25) is 0 Å². The van der Waals surface area contributed by atoms with Crippen molar-refractivity contribution in [1.29, 1.82) is 0 Å². The Morgan fingerprint density at radius 2 is 0.682 bits per heavy atom. The molecule has 0 unspecified atom stereocenters. The second-order valence-corrected chi connectivity index (χ2v) is 5.57. The Kier molecular flexibility index (Phi) is 22.7. The van der Waals surface area contributed by atoms with Gasteiger partial charge in [0.1, 0.15) is 0 Å². The average molecular weight is 319 g/mol. The molecule has 0 aromatic heterocycles. The van der Waals surface area contributed by atoms with E-state index >= 15 is 0 Å². The van der Waals surface area contributed by atoms with Crippen molar-refractivity contribution in [2.24, 2.45) is 0 Å². The smallest absolute Gasteiger partial charge is 0.217 e. The number of carbonyl (C=O) groups excluding carboxylic acids is 3. The molecule has 0 rings (SSSR count). The maximum absolute atomic E-state index is 10.1. The Labute approximate surface area is 136 Å². The molecule has 0 radical (unpaired) electrons. The van der Waals surface area contributed by atoms with Gasteiger partial charge in [0.2, 0.25) is 17.7 Å². The van der Waals surface area contributed by atoms with E-state index in [0.29, 0.717) is 0 Å². The van der Waals surface area contributed by atoms with Crippen LogP contribution in [0.1, 0.15) is 69.7 Å². The van der Waals surface area contributed by atoms with Crippen LogP contribution < -0.4 is 16.0 Å². The molecular weight excluding hydrogens is 282 g/mol. The van der Waals surface area contributed by atoms with Gasteiger partial charge in [-0.05, 0) is 41.5 Å². The largest absolute Gasteiger partial charge is 0.354 e. The monoisotopic (exact) mass is 319 g/mol. The molecule has 0 aromatic rings. The Balaban J connectivity index is -0.000000108. The topological polar surface area (TPSA) is 87.3 Å². The maximum atomic E-state index is 10.1. The highest BCUT2D eigenvalue weighted by molar-refractivity contribution is 5.73. The summed E-state index contributed by atoms with van der Waals surface area (Å²) in [6, 6.07) is 0.826. The zero-order valence-corrected chi connectivity index (χ0v) is 15.0. The molecule has 6 nitrogen and oxygen atoms in total. The summed E-state index contributed by atoms with van der Waals surface area (Å²) in [7, 11) is 0. The molecule has 3 amide bonds. The summed E-state index contributed by atoms with van der Waals surface area (Å²) in [6.07, 6.45) is 0. The van der Waals surface area contributed by atoms with Crippen LogP contribution in [0.15, 0.2) is 0 Å². The number of hydrogen-bond donors (Lipinski definition) is 3. The number of rotatable bonds is 3. The predicted molar refractivity (Wildman–Crippen MR) is 93.6 cm³/mol. The van der Waals surface area contributed by atoms with Crippen LogP contribution >= 0.6 is 0 Å². The molecule has 134 valence electrons. The number of nitrogens with one attached hydrogen (secondary N) is 3. The van der Waals surface area contributed by atoms with Crippen LogP contribution in [-0.2, 0) is 14.4 Å². The van der Waals surface area contributed by atoms with E-state index < -0.39 is 0 Å². The summed E-state index contributed by atoms with van der Waals surface area (Å²) in [5, 5.41) is 8.00. The van der Waals surface area contributed by atoms with Crippen molar-refractivity contribution >= 4 is 17.7 Å². The minimum absolute atomic E-state index is 0. The minimum atomic E-state index is 0. The highest BCUT2D eigenvalue weighted by Gasteiger charge is 1.92. The third-order valence-electron chi connectivity index (χ3n) is 1.48. The Bertz CT molecular complexity index is 253. The van der Waals surface area contributed by atoms with Gasteiger partial charge >= 0.3 is 0 Å². The molecular formula is C16H37N3O3. The zero-order valence-electron chi connectivity index (χ0n) is 15.0. The van der Waals surface area contributed by atoms with Crippen molar-refractivity contribution in [2.75, 3.05) is 0 Å². The summed E-state index contributed by atoms with van der Waals surface area (Å²) in [6.45, 7) is 16.1. The fraction of sp³-hybridized carbons (Fsp3) is 0.812. The molecule has 0 aromatic carbocycles. The summed E-state index contributed by atoms with van der Waals surface area (Å²) in [5.74, 6) is 0.111. The normalized spacial score (nSPS) is 8.73. The van der Waals surface area contributed by atoms with Gasteiger partial charge in [-0.2, -0.15) is 0 Å². The highest BCUT2D eigenvalue weighted by Crippen LogP contribution is 1.74. The molecule has 0 fully saturated rings. The Morgan fingerprint density at radius 1 is 0.545 bits per heavy atom. The molecule has 0 aliphatic rings. The molecule has 6 heteroatoms. The number of hydrogen-bond acceptors (Lipinski definition) is 3. The molecule has 0 aliphatic heterocycles. The fourth-order valence-corrected chi connectivity index (χ4v) is 1.22. The molecule has 0 atom stereocenters. The van der Waals surface area contributed by atoms with Crippen molar-refractivity contribution in [2.45, 2.75) is 87.9 Å². The maximum Gasteiger partial charge on any atom is 0.217 e. The average Bonchev–Trinajstić information content (AvgIpc) is 2.10. The van der Waals surface area contributed by atoms with Gasteiger partial charge in [-0.25, -0.2) is 0 Å². The summed E-state index contributed by atoms with van der Waals surface area (Å²) >= 11 is 0. The van der Waals surface area contributed by atoms with Crippen LogP contribution in [0.4, 0.5) is 0 Å². The third-order valence-corrected chi connectivity index (χ3v) is 1.48. The van der Waals surface area contributed by atoms with Gasteiger partial charge in [-0.1, -0.05) is 7.43 Å². The van der Waals surface area contributed by atoms with Crippen molar-refractivity contribution in [1.82, 2.24) is 16.0 Å². The number of carbonyl (C=O) groups is 3. The first kappa shape index (κ1) is 28.6. The van der Waals surface area contributed by atoms with E-state index in [4.69, 9.17) is 0 Å². The standard InChI is InChI=1S/3C5H11NO.CH4/c3*1-4(2)6-5(3)7;/h3*4H,1-3H3,(H,6,7);1H4. The lowest BCUT2D eigenvalue weighted by molar-refractivity contribution is -0.120. The third kappa shape index (κ3) is 51.5. The molecule has 0 bridgehead atoms. The van der Waals surface area contributed by atoms with Gasteiger partial charge < -0.3 is 16.0 Å². The van der Waals surface area contributed by atoms with Crippen LogP contribution in [0.5, 0.6) is 0 Å². The van der Waals surface area contributed by atoms with E-state index in [1.54, 1.807) is 0 Å². The first-order valence-electron chi connectivity index (χ1n) is 7.19. The van der Waals surface area contributed by atoms with Crippen LogP contribution in [0.25, 0.3) is 0 Å². The SMILES string of the molecule is C.CC(=O)NC(C)C.CC(=O)NC(C)C.CC(=O)NC(C)C. The van der Waals surface area contributed by atoms with Crippen molar-refractivity contribution in [3.63, 3.8) is 0 Å². The lowest BCUT2D eigenvalue weighted by Gasteiger charge is -2.02. The van der Waals surface area contributed by atoms with E-state index in [9.17, 15) is 14.4 Å². The predicted octanol–water partition coefficient (Wildman–Crippen LogP) is 2.23. The van der Waals surface area contributed by atoms with E-state index in [2.05, 4.69) is 16.0 Å². The lowest BCUT2D eigenvalue weighted by atomic mass is 10.4. The Hall–Kier alpha value is -1.59. The second-order valence-electron chi connectivity index (χ2n) is 5.57. The van der Waals surface area contributed by atoms with Gasteiger partial charge in [-0.3, -0.25) is 14.4 Å². The molecule has 0 saturated heterocycles. The second kappa shape index (κ2) is 17.5. The molecule has 0 aliphatic carbocycles. The van der Waals surface area contributed by atoms with Crippen LogP contribution in [-0.4, -0.2) is 35.8 Å². The van der Waals surface area contributed by atoms with Crippen molar-refractivity contribution in [3.8, 4) is 0 Å². The van der Waals surface area contributed by atoms with Gasteiger partial charge in [0, 0.05) is 38.9 Å². The van der Waals surface area contributed by atoms with E-state index in [1.165, 1.54) is 20.8 Å². The fourth-order valence-electron chi connectivity index (χ4n) is 1.22. The van der Waals surface area contributed by atoms with E-state index in [-0.39, 0.29) is 43.3 Å². The van der Waals surface area contributed by atoms with Crippen LogP contribution in [0.3, 0.4) is 0 Å². The highest BCUT2D eigenvalue weighted by atomic mass is 16.2. The van der Waals surface area contributed by atoms with Crippen molar-refractivity contribution < 1.29 is 14.4 Å². The van der Waals surface area contributed by atoms with Gasteiger partial charge in [-0.15, -0.1) is 0 Å². The van der Waals surface area contributed by atoms with Gasteiger partial charge in [0.25, 0.3) is 0 Å². The van der Waals surface area contributed by atoms with E-state index in [1.807, 2.05) is 41.5 Å². The van der Waals surface area contributed by atoms with Gasteiger partial charge in [0.05, 0.1) is 0 Å². The summed E-state index contributed by atoms with van der Waals surface area (Å²) in [5.41, 5.74) is 0. The first-order valence-corrected chi connectivity index (χ1v) is 7.19. The van der Waals surface area contributed by atoms with Crippen molar-refractivity contribution in [3.05, 3.63) is 0 Å². The van der Waals surface area contributed by atoms with Gasteiger partial charge in [0.15, 0.2) is 0 Å². The summed E-state index contributed by atoms with van der Waals surface area (Å²) < 4.78 is 0. The van der Waals surface area contributed by atoms with Crippen LogP contribution in [0, 0.1) is 0 Å². The molecule has 3 N–H and O–H groups in total. The number of amides is 3. The first-order chi connectivity index (χ1) is 9.38. The Morgan fingerprint density at radius 3 is 0.682 bits per heavy atom. The lowest BCUT2D eigenvalue weighted by Crippen LogP contribution is -2.27. The summed E-state index contributed by atoms with van der Waals surface area (Å²) in [4.78, 5) is 30.4. The molecule has 0 heterocycles. The molecule has 0 saturated carbocycles. The molecule has 22 heavy (non-hydrogen) atoms. The quantitative estimate of drug-likeness (QED) is 0.745. The van der Waals surface area contributed by atoms with E-state index in [0.717, 1.165) is 0 Å². The molecule has 0 spiro atoms. The zero-order chi connectivity index (χ0) is 17.6.